The molecule has 1 atom stereocenters. The Labute approximate surface area is 159 Å². The molecule has 0 aromatic carbocycles. The van der Waals surface area contributed by atoms with E-state index in [4.69, 9.17) is 4.52 Å². The van der Waals surface area contributed by atoms with Crippen molar-refractivity contribution in [3.8, 4) is 11.3 Å². The smallest absolute Gasteiger partial charge is 0.143 e. The first-order chi connectivity index (χ1) is 13.1. The lowest BCUT2D eigenvalue weighted by molar-refractivity contribution is 0.165. The van der Waals surface area contributed by atoms with E-state index < -0.39 is 0 Å². The molecule has 4 rings (SSSR count). The topological polar surface area (TPSA) is 72.9 Å². The van der Waals surface area contributed by atoms with E-state index in [2.05, 4.69) is 37.3 Å². The maximum absolute atomic E-state index is 5.29. The van der Waals surface area contributed by atoms with Crippen LogP contribution in [0.3, 0.4) is 0 Å². The highest BCUT2D eigenvalue weighted by atomic mass is 16.5. The van der Waals surface area contributed by atoms with Gasteiger partial charge in [-0.3, -0.25) is 4.90 Å². The highest BCUT2D eigenvalue weighted by molar-refractivity contribution is 5.63. The molecule has 1 aliphatic rings. The van der Waals surface area contributed by atoms with Gasteiger partial charge < -0.3 is 9.09 Å². The summed E-state index contributed by atoms with van der Waals surface area (Å²) in [5.41, 5.74) is 4.98. The quantitative estimate of drug-likeness (QED) is 0.691. The largest absolute Gasteiger partial charge is 0.361 e. The number of aromatic nitrogens is 5. The summed E-state index contributed by atoms with van der Waals surface area (Å²) in [6.45, 7) is 7.02. The molecule has 142 valence electrons. The summed E-state index contributed by atoms with van der Waals surface area (Å²) in [7, 11) is 2.02. The predicted octanol–water partition coefficient (Wildman–Crippen LogP) is 2.94. The first kappa shape index (κ1) is 17.9. The highest BCUT2D eigenvalue weighted by Crippen LogP contribution is 2.27. The standard InChI is InChI=1S/C20H26N6O/c1-14-20(15(2)27-24-14)19-8-17(21-12-22-19)7-16-5-4-6-26(9-16)11-18-10-25(3)13-23-18/h8,10,12-13,16H,4-7,9,11H2,1-3H3. The fourth-order valence-electron chi connectivity index (χ4n) is 4.03. The second-order valence-corrected chi connectivity index (χ2v) is 7.57. The average molecular weight is 366 g/mol. The highest BCUT2D eigenvalue weighted by Gasteiger charge is 2.22. The molecule has 3 aromatic rings. The molecule has 0 radical (unpaired) electrons. The fourth-order valence-corrected chi connectivity index (χ4v) is 4.03. The number of piperidine rings is 1. The van der Waals surface area contributed by atoms with Crippen molar-refractivity contribution < 1.29 is 4.52 Å². The Morgan fingerprint density at radius 1 is 1.19 bits per heavy atom. The van der Waals surface area contributed by atoms with E-state index in [0.29, 0.717) is 5.92 Å². The molecule has 3 aromatic heterocycles. The molecule has 1 fully saturated rings. The van der Waals surface area contributed by atoms with Crippen LogP contribution in [-0.4, -0.2) is 42.7 Å². The van der Waals surface area contributed by atoms with Gasteiger partial charge in [0.1, 0.15) is 12.1 Å². The SMILES string of the molecule is Cc1noc(C)c1-c1cc(CC2CCCN(Cc3cn(C)cn3)C2)ncn1. The van der Waals surface area contributed by atoms with E-state index in [0.717, 1.165) is 60.2 Å². The van der Waals surface area contributed by atoms with Crippen molar-refractivity contribution in [1.29, 1.82) is 0 Å². The minimum atomic E-state index is 0.606. The van der Waals surface area contributed by atoms with Crippen molar-refractivity contribution in [3.05, 3.63) is 47.8 Å². The van der Waals surface area contributed by atoms with Gasteiger partial charge in [-0.1, -0.05) is 5.16 Å². The lowest BCUT2D eigenvalue weighted by Crippen LogP contribution is -2.35. The molecule has 4 heterocycles. The van der Waals surface area contributed by atoms with Crippen molar-refractivity contribution in [3.63, 3.8) is 0 Å². The third-order valence-corrected chi connectivity index (χ3v) is 5.26. The van der Waals surface area contributed by atoms with Crippen LogP contribution in [0.15, 0.2) is 29.4 Å². The summed E-state index contributed by atoms with van der Waals surface area (Å²) in [4.78, 5) is 15.9. The molecule has 0 amide bonds. The number of aryl methyl sites for hydroxylation is 3. The molecule has 7 nitrogen and oxygen atoms in total. The van der Waals surface area contributed by atoms with Gasteiger partial charge in [-0.15, -0.1) is 0 Å². The number of hydrogen-bond donors (Lipinski definition) is 0. The molecule has 0 bridgehead atoms. The minimum absolute atomic E-state index is 0.606. The van der Waals surface area contributed by atoms with Crippen molar-refractivity contribution in [1.82, 2.24) is 29.6 Å². The third-order valence-electron chi connectivity index (χ3n) is 5.26. The first-order valence-corrected chi connectivity index (χ1v) is 9.52. The molecule has 1 unspecified atom stereocenters. The maximum Gasteiger partial charge on any atom is 0.143 e. The Bertz CT molecular complexity index is 895. The van der Waals surface area contributed by atoms with Gasteiger partial charge in [0.2, 0.25) is 0 Å². The Morgan fingerprint density at radius 2 is 2.07 bits per heavy atom. The van der Waals surface area contributed by atoms with Gasteiger partial charge in [0.05, 0.1) is 29.0 Å². The van der Waals surface area contributed by atoms with Crippen LogP contribution in [0.1, 0.15) is 35.7 Å². The molecule has 0 aliphatic carbocycles. The van der Waals surface area contributed by atoms with Crippen LogP contribution >= 0.6 is 0 Å². The number of likely N-dealkylation sites (tertiary alicyclic amines) is 1. The van der Waals surface area contributed by atoms with Gasteiger partial charge in [-0.25, -0.2) is 15.0 Å². The van der Waals surface area contributed by atoms with Crippen LogP contribution in [0, 0.1) is 19.8 Å². The molecule has 0 saturated carbocycles. The van der Waals surface area contributed by atoms with E-state index in [1.807, 2.05) is 31.8 Å². The molecule has 27 heavy (non-hydrogen) atoms. The molecule has 0 spiro atoms. The molecule has 0 N–H and O–H groups in total. The van der Waals surface area contributed by atoms with Crippen molar-refractivity contribution in [2.24, 2.45) is 13.0 Å². The minimum Gasteiger partial charge on any atom is -0.361 e. The normalized spacial score (nSPS) is 18.1. The third kappa shape index (κ3) is 4.08. The summed E-state index contributed by atoms with van der Waals surface area (Å²) < 4.78 is 7.30. The molecule has 7 heteroatoms. The monoisotopic (exact) mass is 366 g/mol. The summed E-state index contributed by atoms with van der Waals surface area (Å²) in [5, 5.41) is 4.04. The van der Waals surface area contributed by atoms with Crippen LogP contribution in [0.2, 0.25) is 0 Å². The second kappa shape index (κ2) is 7.60. The predicted molar refractivity (Wildman–Crippen MR) is 102 cm³/mol. The van der Waals surface area contributed by atoms with Gasteiger partial charge >= 0.3 is 0 Å². The molecular formula is C20H26N6O. The van der Waals surface area contributed by atoms with Crippen LogP contribution in [0.25, 0.3) is 11.3 Å². The van der Waals surface area contributed by atoms with Crippen LogP contribution < -0.4 is 0 Å². The lowest BCUT2D eigenvalue weighted by Gasteiger charge is -2.32. The summed E-state index contributed by atoms with van der Waals surface area (Å²) in [5.74, 6) is 1.41. The summed E-state index contributed by atoms with van der Waals surface area (Å²) in [6.07, 6.45) is 9.06. The zero-order valence-electron chi connectivity index (χ0n) is 16.2. The Morgan fingerprint density at radius 3 is 2.81 bits per heavy atom. The Hall–Kier alpha value is -2.54. The lowest BCUT2D eigenvalue weighted by atomic mass is 9.92. The molecular weight excluding hydrogens is 340 g/mol. The second-order valence-electron chi connectivity index (χ2n) is 7.57. The van der Waals surface area contributed by atoms with Crippen LogP contribution in [-0.2, 0) is 20.0 Å². The van der Waals surface area contributed by atoms with E-state index in [9.17, 15) is 0 Å². The molecule has 1 aliphatic heterocycles. The van der Waals surface area contributed by atoms with Crippen LogP contribution in [0.5, 0.6) is 0 Å². The Balaban J connectivity index is 1.43. The van der Waals surface area contributed by atoms with E-state index in [-0.39, 0.29) is 0 Å². The average Bonchev–Trinajstić information content (AvgIpc) is 3.20. The van der Waals surface area contributed by atoms with Gasteiger partial charge in [-0.2, -0.15) is 0 Å². The molecule has 1 saturated heterocycles. The Kier molecular flexibility index (Phi) is 5.03. The van der Waals surface area contributed by atoms with Crippen molar-refractivity contribution in [2.45, 2.75) is 39.7 Å². The summed E-state index contributed by atoms with van der Waals surface area (Å²) in [6, 6.07) is 2.09. The fraction of sp³-hybridized carbons (Fsp3) is 0.500. The van der Waals surface area contributed by atoms with Gasteiger partial charge in [0.25, 0.3) is 0 Å². The summed E-state index contributed by atoms with van der Waals surface area (Å²) >= 11 is 0. The zero-order valence-corrected chi connectivity index (χ0v) is 16.2. The number of hydrogen-bond acceptors (Lipinski definition) is 6. The van der Waals surface area contributed by atoms with E-state index in [1.54, 1.807) is 6.33 Å². The van der Waals surface area contributed by atoms with Gasteiger partial charge in [0.15, 0.2) is 0 Å². The van der Waals surface area contributed by atoms with Gasteiger partial charge in [0, 0.05) is 32.0 Å². The number of imidazole rings is 1. The van der Waals surface area contributed by atoms with Crippen molar-refractivity contribution in [2.75, 3.05) is 13.1 Å². The number of nitrogens with zero attached hydrogens (tertiary/aromatic N) is 6. The maximum atomic E-state index is 5.29. The van der Waals surface area contributed by atoms with Crippen LogP contribution in [0.4, 0.5) is 0 Å². The number of rotatable bonds is 5. The first-order valence-electron chi connectivity index (χ1n) is 9.52. The van der Waals surface area contributed by atoms with E-state index >= 15 is 0 Å². The van der Waals surface area contributed by atoms with Crippen molar-refractivity contribution >= 4 is 0 Å². The zero-order chi connectivity index (χ0) is 18.8. The van der Waals surface area contributed by atoms with E-state index in [1.165, 1.54) is 12.8 Å². The van der Waals surface area contributed by atoms with Gasteiger partial charge in [-0.05, 0) is 51.6 Å².